The van der Waals surface area contributed by atoms with Gasteiger partial charge in [-0.05, 0) is 47.9 Å². The summed E-state index contributed by atoms with van der Waals surface area (Å²) in [5, 5.41) is 2.75. The van der Waals surface area contributed by atoms with Crippen molar-refractivity contribution in [1.29, 1.82) is 0 Å². The number of benzene rings is 3. The molecule has 4 nitrogen and oxygen atoms in total. The normalized spacial score (nSPS) is 10.4. The van der Waals surface area contributed by atoms with Gasteiger partial charge in [-0.15, -0.1) is 0 Å². The maximum atomic E-state index is 13.7. The molecule has 0 radical (unpaired) electrons. The molecule has 0 saturated heterocycles. The van der Waals surface area contributed by atoms with Gasteiger partial charge in [0.05, 0.1) is 12.8 Å². The Morgan fingerprint density at radius 1 is 0.931 bits per heavy atom. The molecule has 0 aromatic heterocycles. The minimum absolute atomic E-state index is 0.138. The van der Waals surface area contributed by atoms with E-state index in [1.54, 1.807) is 7.11 Å². The molecule has 0 fully saturated rings. The molecule has 0 atom stereocenters. The molecule has 0 spiro atoms. The fourth-order valence-electron chi connectivity index (χ4n) is 3.00. The van der Waals surface area contributed by atoms with Crippen molar-refractivity contribution < 1.29 is 18.7 Å². The average Bonchev–Trinajstić information content (AvgIpc) is 2.74. The second kappa shape index (κ2) is 9.64. The Bertz CT molecular complexity index is 985. The van der Waals surface area contributed by atoms with Crippen molar-refractivity contribution in [2.75, 3.05) is 12.4 Å². The number of hydrogen-bond donors (Lipinski definition) is 1. The van der Waals surface area contributed by atoms with Gasteiger partial charge in [-0.3, -0.25) is 9.59 Å². The fraction of sp³-hybridized carbons (Fsp3) is 0.167. The van der Waals surface area contributed by atoms with E-state index >= 15 is 0 Å². The number of methoxy groups -OCH3 is 1. The number of ether oxygens (including phenoxy) is 1. The second-order valence-corrected chi connectivity index (χ2v) is 6.67. The van der Waals surface area contributed by atoms with Crippen LogP contribution in [0.25, 0.3) is 0 Å². The van der Waals surface area contributed by atoms with E-state index in [4.69, 9.17) is 4.74 Å². The van der Waals surface area contributed by atoms with Gasteiger partial charge in [-0.1, -0.05) is 42.5 Å². The summed E-state index contributed by atoms with van der Waals surface area (Å²) in [6.45, 7) is 0. The molecule has 1 amide bonds. The van der Waals surface area contributed by atoms with Crippen LogP contribution in [0.5, 0.6) is 5.75 Å². The molecule has 3 aromatic rings. The Kier molecular flexibility index (Phi) is 6.74. The predicted octanol–water partition coefficient (Wildman–Crippen LogP) is 4.83. The van der Waals surface area contributed by atoms with E-state index < -0.39 is 5.82 Å². The van der Waals surface area contributed by atoms with Crippen molar-refractivity contribution in [3.05, 3.63) is 95.3 Å². The highest BCUT2D eigenvalue weighted by Gasteiger charge is 2.15. The number of aryl methyl sites for hydroxylation is 1. The Morgan fingerprint density at radius 2 is 1.66 bits per heavy atom. The molecule has 1 N–H and O–H groups in total. The van der Waals surface area contributed by atoms with E-state index in [9.17, 15) is 14.0 Å². The molecule has 5 heteroatoms. The molecule has 0 heterocycles. The molecular formula is C24H22FNO3. The summed E-state index contributed by atoms with van der Waals surface area (Å²) in [7, 11) is 1.60. The van der Waals surface area contributed by atoms with E-state index in [0.717, 1.165) is 16.9 Å². The summed E-state index contributed by atoms with van der Waals surface area (Å²) < 4.78 is 18.9. The monoisotopic (exact) mass is 391 g/mol. The first kappa shape index (κ1) is 20.3. The molecule has 29 heavy (non-hydrogen) atoms. The smallest absolute Gasteiger partial charge is 0.224 e. The van der Waals surface area contributed by atoms with Crippen LogP contribution in [0.4, 0.5) is 10.1 Å². The Morgan fingerprint density at radius 3 is 2.34 bits per heavy atom. The number of ketones is 1. The molecule has 148 valence electrons. The van der Waals surface area contributed by atoms with Gasteiger partial charge in [-0.2, -0.15) is 0 Å². The molecule has 0 unspecified atom stereocenters. The summed E-state index contributed by atoms with van der Waals surface area (Å²) in [4.78, 5) is 25.1. The molecule has 3 aromatic carbocycles. The Balaban J connectivity index is 1.66. The van der Waals surface area contributed by atoms with Gasteiger partial charge in [0.25, 0.3) is 0 Å². The highest BCUT2D eigenvalue weighted by Crippen LogP contribution is 2.20. The Hall–Kier alpha value is -3.47. The van der Waals surface area contributed by atoms with Crippen LogP contribution in [-0.4, -0.2) is 18.8 Å². The van der Waals surface area contributed by atoms with Gasteiger partial charge in [0, 0.05) is 18.4 Å². The summed E-state index contributed by atoms with van der Waals surface area (Å²) in [6.07, 6.45) is 0.930. The van der Waals surface area contributed by atoms with Gasteiger partial charge in [0.1, 0.15) is 11.6 Å². The highest BCUT2D eigenvalue weighted by atomic mass is 19.1. The van der Waals surface area contributed by atoms with Crippen molar-refractivity contribution in [3.8, 4) is 5.75 Å². The topological polar surface area (TPSA) is 55.4 Å². The lowest BCUT2D eigenvalue weighted by molar-refractivity contribution is -0.116. The SMILES string of the molecule is COc1ccc(CCC(=O)Nc2ccc(F)cc2C(=O)Cc2ccccc2)cc1. The average molecular weight is 391 g/mol. The van der Waals surface area contributed by atoms with Crippen molar-refractivity contribution in [2.24, 2.45) is 0 Å². The lowest BCUT2D eigenvalue weighted by atomic mass is 10.0. The number of anilines is 1. The van der Waals surface area contributed by atoms with E-state index in [2.05, 4.69) is 5.32 Å². The number of halogens is 1. The highest BCUT2D eigenvalue weighted by molar-refractivity contribution is 6.05. The first-order valence-electron chi connectivity index (χ1n) is 9.34. The van der Waals surface area contributed by atoms with Crippen LogP contribution in [0.1, 0.15) is 27.9 Å². The number of rotatable bonds is 8. The maximum absolute atomic E-state index is 13.7. The first-order chi connectivity index (χ1) is 14.0. The molecule has 0 saturated carbocycles. The third-order valence-corrected chi connectivity index (χ3v) is 4.56. The van der Waals surface area contributed by atoms with Gasteiger partial charge in [0.2, 0.25) is 5.91 Å². The second-order valence-electron chi connectivity index (χ2n) is 6.67. The largest absolute Gasteiger partial charge is 0.497 e. The summed E-state index contributed by atoms with van der Waals surface area (Å²) in [5.74, 6) is -0.244. The third kappa shape index (κ3) is 5.75. The number of nitrogens with one attached hydrogen (secondary N) is 1. The van der Waals surface area contributed by atoms with Crippen LogP contribution in [0.2, 0.25) is 0 Å². The van der Waals surface area contributed by atoms with E-state index in [0.29, 0.717) is 12.1 Å². The van der Waals surface area contributed by atoms with Crippen LogP contribution < -0.4 is 10.1 Å². The molecular weight excluding hydrogens is 369 g/mol. The zero-order valence-corrected chi connectivity index (χ0v) is 16.2. The van der Waals surface area contributed by atoms with Crippen molar-refractivity contribution >= 4 is 17.4 Å². The number of hydrogen-bond acceptors (Lipinski definition) is 3. The lowest BCUT2D eigenvalue weighted by Gasteiger charge is -2.11. The predicted molar refractivity (Wildman–Crippen MR) is 111 cm³/mol. The Labute approximate surface area is 169 Å². The summed E-state index contributed by atoms with van der Waals surface area (Å²) in [6, 6.07) is 20.5. The standard InChI is InChI=1S/C24H22FNO3/c1-29-20-11-7-17(8-12-20)9-14-24(28)26-22-13-10-19(25)16-21(22)23(27)15-18-5-3-2-4-6-18/h2-8,10-13,16H,9,14-15H2,1H3,(H,26,28). The number of carbonyl (C=O) groups excluding carboxylic acids is 2. The van der Waals surface area contributed by atoms with Gasteiger partial charge < -0.3 is 10.1 Å². The number of amides is 1. The third-order valence-electron chi connectivity index (χ3n) is 4.56. The van der Waals surface area contributed by atoms with Gasteiger partial charge >= 0.3 is 0 Å². The van der Waals surface area contributed by atoms with Gasteiger partial charge in [-0.25, -0.2) is 4.39 Å². The van der Waals surface area contributed by atoms with E-state index in [1.165, 1.54) is 18.2 Å². The number of carbonyl (C=O) groups is 2. The van der Waals surface area contributed by atoms with Crippen LogP contribution in [-0.2, 0) is 17.6 Å². The van der Waals surface area contributed by atoms with Gasteiger partial charge in [0.15, 0.2) is 5.78 Å². The van der Waals surface area contributed by atoms with Crippen LogP contribution >= 0.6 is 0 Å². The van der Waals surface area contributed by atoms with Crippen LogP contribution in [0.3, 0.4) is 0 Å². The summed E-state index contributed by atoms with van der Waals surface area (Å²) >= 11 is 0. The minimum Gasteiger partial charge on any atom is -0.497 e. The molecule has 0 bridgehead atoms. The lowest BCUT2D eigenvalue weighted by Crippen LogP contribution is -2.16. The van der Waals surface area contributed by atoms with Crippen LogP contribution in [0.15, 0.2) is 72.8 Å². The van der Waals surface area contributed by atoms with Crippen molar-refractivity contribution in [1.82, 2.24) is 0 Å². The quantitative estimate of drug-likeness (QED) is 0.560. The fourth-order valence-corrected chi connectivity index (χ4v) is 3.00. The zero-order chi connectivity index (χ0) is 20.6. The number of Topliss-reactive ketones (excluding diaryl/α,β-unsaturated/α-hetero) is 1. The maximum Gasteiger partial charge on any atom is 0.224 e. The zero-order valence-electron chi connectivity index (χ0n) is 16.2. The summed E-state index contributed by atoms with van der Waals surface area (Å²) in [5.41, 5.74) is 2.33. The first-order valence-corrected chi connectivity index (χ1v) is 9.34. The minimum atomic E-state index is -0.516. The van der Waals surface area contributed by atoms with E-state index in [-0.39, 0.29) is 30.1 Å². The van der Waals surface area contributed by atoms with Crippen molar-refractivity contribution in [3.63, 3.8) is 0 Å². The van der Waals surface area contributed by atoms with Crippen LogP contribution in [0, 0.1) is 5.82 Å². The molecule has 0 aliphatic heterocycles. The molecule has 0 aliphatic carbocycles. The van der Waals surface area contributed by atoms with Crippen molar-refractivity contribution in [2.45, 2.75) is 19.3 Å². The molecule has 0 aliphatic rings. The van der Waals surface area contributed by atoms with E-state index in [1.807, 2.05) is 54.6 Å². The molecule has 3 rings (SSSR count).